The summed E-state index contributed by atoms with van der Waals surface area (Å²) in [5, 5.41) is 17.3. The number of hydrogen-bond acceptors (Lipinski definition) is 9. The molecule has 0 saturated carbocycles. The molecule has 0 aromatic carbocycles. The lowest BCUT2D eigenvalue weighted by Crippen LogP contribution is -2.58. The third-order valence-corrected chi connectivity index (χ3v) is 7.82. The maximum absolute atomic E-state index is 12.9. The summed E-state index contributed by atoms with van der Waals surface area (Å²) in [6, 6.07) is 0.507. The number of carbonyl (C=O) groups is 1. The van der Waals surface area contributed by atoms with Gasteiger partial charge in [-0.25, -0.2) is 10.9 Å². The third kappa shape index (κ3) is 5.91. The number of hydrazine groups is 1. The lowest BCUT2D eigenvalue weighted by Gasteiger charge is -2.36. The number of rotatable bonds is 7. The minimum absolute atomic E-state index is 0.0134. The van der Waals surface area contributed by atoms with E-state index in [1.54, 1.807) is 0 Å². The second-order valence-electron chi connectivity index (χ2n) is 9.58. The van der Waals surface area contributed by atoms with Gasteiger partial charge in [-0.15, -0.1) is 11.6 Å². The van der Waals surface area contributed by atoms with Crippen LogP contribution in [0.4, 0.5) is 0 Å². The molecule has 7 unspecified atom stereocenters. The topological polar surface area (TPSA) is 117 Å². The number of carbonyl (C=O) groups excluding carboxylic acids is 1. The van der Waals surface area contributed by atoms with Crippen LogP contribution in [0.2, 0.25) is 0 Å². The third-order valence-electron chi connectivity index (χ3n) is 7.33. The first-order valence-corrected chi connectivity index (χ1v) is 12.6. The van der Waals surface area contributed by atoms with Gasteiger partial charge in [0.05, 0.1) is 36.3 Å². The molecule has 32 heavy (non-hydrogen) atoms. The average Bonchev–Trinajstić information content (AvgIpc) is 3.19. The molecule has 4 rings (SSSR count). The summed E-state index contributed by atoms with van der Waals surface area (Å²) >= 11 is 6.49. The molecule has 8 atom stereocenters. The SMILES string of the molecule is C[C@H](NC(=O)C1CCNC(NCC2NNC(C3CCN=CN3)N2C)C1)C1NCCCC1Cl. The van der Waals surface area contributed by atoms with E-state index in [0.717, 1.165) is 58.3 Å². The van der Waals surface area contributed by atoms with Crippen molar-refractivity contribution in [3.63, 3.8) is 0 Å². The fraction of sp³-hybridized carbons (Fsp3) is 0.905. The number of hydrogen-bond donors (Lipinski definition) is 7. The predicted octanol–water partition coefficient (Wildman–Crippen LogP) is -1.15. The summed E-state index contributed by atoms with van der Waals surface area (Å²) in [4.78, 5) is 19.5. The van der Waals surface area contributed by atoms with Gasteiger partial charge in [0.25, 0.3) is 0 Å². The van der Waals surface area contributed by atoms with Crippen molar-refractivity contribution in [3.8, 4) is 0 Å². The van der Waals surface area contributed by atoms with Crippen molar-refractivity contribution in [1.82, 2.24) is 42.3 Å². The predicted molar refractivity (Wildman–Crippen MR) is 127 cm³/mol. The Labute approximate surface area is 196 Å². The van der Waals surface area contributed by atoms with Crippen molar-refractivity contribution < 1.29 is 4.79 Å². The van der Waals surface area contributed by atoms with Gasteiger partial charge in [-0.1, -0.05) is 0 Å². The van der Waals surface area contributed by atoms with Crippen LogP contribution >= 0.6 is 11.6 Å². The molecule has 0 bridgehead atoms. The Morgan fingerprint density at radius 3 is 2.91 bits per heavy atom. The molecule has 3 saturated heterocycles. The van der Waals surface area contributed by atoms with Gasteiger partial charge in [-0.2, -0.15) is 0 Å². The van der Waals surface area contributed by atoms with Gasteiger partial charge in [-0.05, 0) is 59.2 Å². The van der Waals surface area contributed by atoms with E-state index in [9.17, 15) is 4.79 Å². The highest BCUT2D eigenvalue weighted by atomic mass is 35.5. The van der Waals surface area contributed by atoms with Crippen LogP contribution in [0.3, 0.4) is 0 Å². The molecular weight excluding hydrogens is 430 g/mol. The highest BCUT2D eigenvalue weighted by Crippen LogP contribution is 2.20. The summed E-state index contributed by atoms with van der Waals surface area (Å²) in [5.74, 6) is 0.157. The molecule has 0 aromatic rings. The van der Waals surface area contributed by atoms with Crippen molar-refractivity contribution >= 4 is 23.8 Å². The molecule has 3 fully saturated rings. The normalized spacial score (nSPS) is 39.4. The van der Waals surface area contributed by atoms with Crippen LogP contribution in [0.15, 0.2) is 4.99 Å². The highest BCUT2D eigenvalue weighted by Gasteiger charge is 2.36. The molecule has 4 heterocycles. The van der Waals surface area contributed by atoms with E-state index in [-0.39, 0.29) is 47.8 Å². The molecule has 0 radical (unpaired) electrons. The van der Waals surface area contributed by atoms with Gasteiger partial charge in [0.1, 0.15) is 0 Å². The summed E-state index contributed by atoms with van der Waals surface area (Å²) < 4.78 is 0. The number of nitrogens with one attached hydrogen (secondary N) is 7. The molecular formula is C21H40ClN9O. The van der Waals surface area contributed by atoms with Crippen LogP contribution in [0.25, 0.3) is 0 Å². The van der Waals surface area contributed by atoms with Crippen molar-refractivity contribution in [3.05, 3.63) is 0 Å². The number of aliphatic imine (C=N–C) groups is 1. The number of piperidine rings is 2. The van der Waals surface area contributed by atoms with Crippen molar-refractivity contribution in [2.75, 3.05) is 33.2 Å². The van der Waals surface area contributed by atoms with Crippen LogP contribution in [-0.4, -0.2) is 92.4 Å². The monoisotopic (exact) mass is 469 g/mol. The number of nitrogens with zero attached hydrogens (tertiary/aromatic N) is 2. The summed E-state index contributed by atoms with van der Waals surface area (Å²) in [7, 11) is 2.13. The van der Waals surface area contributed by atoms with Gasteiger partial charge in [-0.3, -0.25) is 20.0 Å². The summed E-state index contributed by atoms with van der Waals surface area (Å²) in [5.41, 5.74) is 6.80. The Morgan fingerprint density at radius 2 is 2.12 bits per heavy atom. The molecule has 11 heteroatoms. The summed E-state index contributed by atoms with van der Waals surface area (Å²) in [6.45, 7) is 5.51. The Morgan fingerprint density at radius 1 is 1.25 bits per heavy atom. The minimum atomic E-state index is 0.0134. The zero-order valence-electron chi connectivity index (χ0n) is 19.2. The maximum Gasteiger partial charge on any atom is 0.223 e. The number of amides is 1. The second kappa shape index (κ2) is 11.4. The van der Waals surface area contributed by atoms with E-state index in [2.05, 4.69) is 61.3 Å². The minimum Gasteiger partial charge on any atom is -0.371 e. The quantitative estimate of drug-likeness (QED) is 0.234. The van der Waals surface area contributed by atoms with Gasteiger partial charge in [0, 0.05) is 31.1 Å². The Hall–Kier alpha value is -1.01. The largest absolute Gasteiger partial charge is 0.371 e. The first-order chi connectivity index (χ1) is 15.5. The van der Waals surface area contributed by atoms with E-state index in [0.29, 0.717) is 6.04 Å². The van der Waals surface area contributed by atoms with E-state index >= 15 is 0 Å². The van der Waals surface area contributed by atoms with Crippen LogP contribution < -0.4 is 37.4 Å². The zero-order chi connectivity index (χ0) is 22.5. The smallest absolute Gasteiger partial charge is 0.223 e. The molecule has 0 aromatic heterocycles. The molecule has 4 aliphatic rings. The second-order valence-corrected chi connectivity index (χ2v) is 10.1. The van der Waals surface area contributed by atoms with Crippen LogP contribution in [-0.2, 0) is 4.79 Å². The van der Waals surface area contributed by atoms with Crippen molar-refractivity contribution in [1.29, 1.82) is 0 Å². The van der Waals surface area contributed by atoms with E-state index in [4.69, 9.17) is 11.6 Å². The van der Waals surface area contributed by atoms with E-state index in [1.165, 1.54) is 0 Å². The standard InChI is InChI=1S/C21H40ClN9O/c1-13(19-15(22)4-3-7-25-19)28-21(32)14-5-9-24-17(10-14)26-11-18-29-30-20(31(18)2)16-6-8-23-12-27-16/h12-20,24-26,29-30H,3-11H2,1-2H3,(H,23,27)(H,28,32)/t13-,14?,15?,16?,17?,18?,19?,20?/m0/s1. The number of likely N-dealkylation sites (N-methyl/N-ethyl adjacent to an activating group) is 1. The van der Waals surface area contributed by atoms with Crippen molar-refractivity contribution in [2.45, 2.75) is 81.0 Å². The van der Waals surface area contributed by atoms with Crippen LogP contribution in [0.5, 0.6) is 0 Å². The molecule has 0 aliphatic carbocycles. The van der Waals surface area contributed by atoms with Gasteiger partial charge < -0.3 is 21.3 Å². The maximum atomic E-state index is 12.9. The van der Waals surface area contributed by atoms with Crippen LogP contribution in [0.1, 0.15) is 39.0 Å². The molecule has 1 amide bonds. The first kappa shape index (κ1) is 24.1. The fourth-order valence-electron chi connectivity index (χ4n) is 5.28. The average molecular weight is 470 g/mol. The van der Waals surface area contributed by atoms with Crippen molar-refractivity contribution in [2.24, 2.45) is 10.9 Å². The summed E-state index contributed by atoms with van der Waals surface area (Å²) in [6.07, 6.45) is 7.08. The number of halogens is 1. The van der Waals surface area contributed by atoms with Gasteiger partial charge >= 0.3 is 0 Å². The van der Waals surface area contributed by atoms with E-state index in [1.807, 2.05) is 6.34 Å². The van der Waals surface area contributed by atoms with Gasteiger partial charge in [0.2, 0.25) is 5.91 Å². The lowest BCUT2D eigenvalue weighted by molar-refractivity contribution is -0.127. The Balaban J connectivity index is 1.21. The molecule has 7 N–H and O–H groups in total. The molecule has 4 aliphatic heterocycles. The van der Waals surface area contributed by atoms with Gasteiger partial charge in [0.15, 0.2) is 0 Å². The van der Waals surface area contributed by atoms with Crippen LogP contribution in [0, 0.1) is 5.92 Å². The zero-order valence-corrected chi connectivity index (χ0v) is 20.0. The lowest BCUT2D eigenvalue weighted by atomic mass is 9.93. The fourth-order valence-corrected chi connectivity index (χ4v) is 5.74. The highest BCUT2D eigenvalue weighted by molar-refractivity contribution is 6.21. The Bertz CT molecular complexity index is 653. The first-order valence-electron chi connectivity index (χ1n) is 12.1. The molecule has 182 valence electrons. The Kier molecular flexibility index (Phi) is 8.61. The number of alkyl halides is 1. The van der Waals surface area contributed by atoms with E-state index < -0.39 is 0 Å². The molecule has 0 spiro atoms. The molecule has 10 nitrogen and oxygen atoms in total.